The van der Waals surface area contributed by atoms with Gasteiger partial charge in [-0.2, -0.15) is 0 Å². The number of ether oxygens (including phenoxy) is 1. The molecule has 2 fully saturated rings. The number of hydrogen-bond acceptors (Lipinski definition) is 4. The number of hydrogen-bond donors (Lipinski definition) is 1. The van der Waals surface area contributed by atoms with Crippen LogP contribution in [0.15, 0.2) is 24.3 Å². The van der Waals surface area contributed by atoms with E-state index in [9.17, 15) is 4.79 Å². The SMILES string of the molecule is CN(CC1CC1)C[C@H]1CN(Cc2ccc(C(N)=O)cc2)CCO1. The quantitative estimate of drug-likeness (QED) is 0.824. The van der Waals surface area contributed by atoms with Crippen LogP contribution in [0.5, 0.6) is 0 Å². The number of likely N-dealkylation sites (N-methyl/N-ethyl adjacent to an activating group) is 1. The molecule has 1 aromatic rings. The fourth-order valence-electron chi connectivity index (χ4n) is 3.23. The number of nitrogens with two attached hydrogens (primary N) is 1. The van der Waals surface area contributed by atoms with Crippen molar-refractivity contribution in [1.29, 1.82) is 0 Å². The standard InChI is InChI=1S/C18H27N3O2/c1-20(10-14-2-3-14)12-17-13-21(8-9-23-17)11-15-4-6-16(7-5-15)18(19)22/h4-7,14,17H,2-3,8-13H2,1H3,(H2,19,22)/t17-/m0/s1. The van der Waals surface area contributed by atoms with E-state index in [2.05, 4.69) is 16.8 Å². The maximum atomic E-state index is 11.1. The van der Waals surface area contributed by atoms with Crippen LogP contribution in [0.1, 0.15) is 28.8 Å². The third-order valence-electron chi connectivity index (χ3n) is 4.65. The van der Waals surface area contributed by atoms with Crippen molar-refractivity contribution in [2.75, 3.05) is 39.8 Å². The Morgan fingerprint density at radius 2 is 2.04 bits per heavy atom. The summed E-state index contributed by atoms with van der Waals surface area (Å²) in [6.45, 7) is 5.82. The van der Waals surface area contributed by atoms with Crippen LogP contribution in [0.25, 0.3) is 0 Å². The van der Waals surface area contributed by atoms with Gasteiger partial charge in [0.25, 0.3) is 0 Å². The Morgan fingerprint density at radius 1 is 1.30 bits per heavy atom. The van der Waals surface area contributed by atoms with Crippen molar-refractivity contribution in [1.82, 2.24) is 9.80 Å². The first-order chi connectivity index (χ1) is 11.1. The summed E-state index contributed by atoms with van der Waals surface area (Å²) in [5.74, 6) is 0.546. The summed E-state index contributed by atoms with van der Waals surface area (Å²) in [4.78, 5) is 16.0. The van der Waals surface area contributed by atoms with E-state index in [4.69, 9.17) is 10.5 Å². The molecular formula is C18H27N3O2. The number of carbonyl (C=O) groups excluding carboxylic acids is 1. The van der Waals surface area contributed by atoms with E-state index in [1.165, 1.54) is 24.9 Å². The molecule has 0 bridgehead atoms. The zero-order chi connectivity index (χ0) is 16.2. The monoisotopic (exact) mass is 317 g/mol. The Labute approximate surface area is 138 Å². The molecule has 1 heterocycles. The van der Waals surface area contributed by atoms with Gasteiger partial charge in [-0.3, -0.25) is 9.69 Å². The molecule has 5 heteroatoms. The second-order valence-electron chi connectivity index (χ2n) is 6.95. The highest BCUT2D eigenvalue weighted by molar-refractivity contribution is 5.92. The number of amides is 1. The fraction of sp³-hybridized carbons (Fsp3) is 0.611. The normalized spacial score (nSPS) is 22.4. The molecule has 0 radical (unpaired) electrons. The second kappa shape index (κ2) is 7.43. The van der Waals surface area contributed by atoms with Gasteiger partial charge in [-0.15, -0.1) is 0 Å². The van der Waals surface area contributed by atoms with E-state index in [1.54, 1.807) is 12.1 Å². The van der Waals surface area contributed by atoms with Crippen LogP contribution in [0, 0.1) is 5.92 Å². The summed E-state index contributed by atoms with van der Waals surface area (Å²) in [5, 5.41) is 0. The minimum Gasteiger partial charge on any atom is -0.374 e. The molecule has 1 aliphatic heterocycles. The van der Waals surface area contributed by atoms with Crippen molar-refractivity contribution in [2.45, 2.75) is 25.5 Å². The van der Waals surface area contributed by atoms with Crippen molar-refractivity contribution in [3.8, 4) is 0 Å². The van der Waals surface area contributed by atoms with Crippen molar-refractivity contribution in [3.63, 3.8) is 0 Å². The topological polar surface area (TPSA) is 58.8 Å². The molecular weight excluding hydrogens is 290 g/mol. The lowest BCUT2D eigenvalue weighted by Crippen LogP contribution is -2.46. The Morgan fingerprint density at radius 3 is 2.70 bits per heavy atom. The van der Waals surface area contributed by atoms with Crippen LogP contribution < -0.4 is 5.73 Å². The minimum atomic E-state index is -0.373. The van der Waals surface area contributed by atoms with Gasteiger partial charge in [0.05, 0.1) is 12.7 Å². The van der Waals surface area contributed by atoms with Crippen LogP contribution in [0.2, 0.25) is 0 Å². The molecule has 1 aliphatic carbocycles. The summed E-state index contributed by atoms with van der Waals surface area (Å²) < 4.78 is 5.92. The molecule has 3 rings (SSSR count). The van der Waals surface area contributed by atoms with Gasteiger partial charge in [0.15, 0.2) is 0 Å². The molecule has 0 aromatic heterocycles. The first-order valence-corrected chi connectivity index (χ1v) is 8.51. The van der Waals surface area contributed by atoms with Crippen LogP contribution >= 0.6 is 0 Å². The van der Waals surface area contributed by atoms with E-state index in [1.807, 2.05) is 12.1 Å². The predicted molar refractivity (Wildman–Crippen MR) is 90.2 cm³/mol. The molecule has 0 spiro atoms. The number of morpholine rings is 1. The van der Waals surface area contributed by atoms with Gasteiger partial charge in [0.1, 0.15) is 0 Å². The van der Waals surface area contributed by atoms with E-state index in [0.717, 1.165) is 38.7 Å². The van der Waals surface area contributed by atoms with Gasteiger partial charge in [0, 0.05) is 38.3 Å². The molecule has 2 N–H and O–H groups in total. The van der Waals surface area contributed by atoms with E-state index < -0.39 is 0 Å². The number of carbonyl (C=O) groups is 1. The average molecular weight is 317 g/mol. The predicted octanol–water partition coefficient (Wildman–Crippen LogP) is 1.33. The highest BCUT2D eigenvalue weighted by atomic mass is 16.5. The average Bonchev–Trinajstić information content (AvgIpc) is 3.32. The first kappa shape index (κ1) is 16.4. The van der Waals surface area contributed by atoms with Crippen molar-refractivity contribution in [2.24, 2.45) is 11.7 Å². The Kier molecular flexibility index (Phi) is 5.30. The Balaban J connectivity index is 1.48. The zero-order valence-corrected chi connectivity index (χ0v) is 13.9. The zero-order valence-electron chi connectivity index (χ0n) is 13.9. The van der Waals surface area contributed by atoms with Gasteiger partial charge in [0.2, 0.25) is 5.91 Å². The summed E-state index contributed by atoms with van der Waals surface area (Å²) in [6, 6.07) is 7.59. The lowest BCUT2D eigenvalue weighted by Gasteiger charge is -2.35. The van der Waals surface area contributed by atoms with Gasteiger partial charge in [-0.25, -0.2) is 0 Å². The lowest BCUT2D eigenvalue weighted by molar-refractivity contribution is -0.0434. The van der Waals surface area contributed by atoms with Crippen LogP contribution in [-0.4, -0.2) is 61.6 Å². The second-order valence-corrected chi connectivity index (χ2v) is 6.95. The molecule has 1 atom stereocenters. The van der Waals surface area contributed by atoms with E-state index >= 15 is 0 Å². The van der Waals surface area contributed by atoms with E-state index in [0.29, 0.717) is 5.56 Å². The van der Waals surface area contributed by atoms with Gasteiger partial charge in [-0.1, -0.05) is 12.1 Å². The molecule has 1 aromatic carbocycles. The smallest absolute Gasteiger partial charge is 0.248 e. The van der Waals surface area contributed by atoms with E-state index in [-0.39, 0.29) is 12.0 Å². The first-order valence-electron chi connectivity index (χ1n) is 8.51. The molecule has 0 unspecified atom stereocenters. The molecule has 1 saturated carbocycles. The summed E-state index contributed by atoms with van der Waals surface area (Å²) >= 11 is 0. The number of benzene rings is 1. The van der Waals surface area contributed by atoms with Gasteiger partial charge >= 0.3 is 0 Å². The Bertz CT molecular complexity index is 528. The van der Waals surface area contributed by atoms with Gasteiger partial charge in [-0.05, 0) is 43.5 Å². The molecule has 1 saturated heterocycles. The van der Waals surface area contributed by atoms with Crippen LogP contribution in [0.3, 0.4) is 0 Å². The number of rotatable bonds is 7. The van der Waals surface area contributed by atoms with Crippen molar-refractivity contribution < 1.29 is 9.53 Å². The molecule has 5 nitrogen and oxygen atoms in total. The molecule has 23 heavy (non-hydrogen) atoms. The number of nitrogens with zero attached hydrogens (tertiary/aromatic N) is 2. The minimum absolute atomic E-state index is 0.289. The molecule has 2 aliphatic rings. The van der Waals surface area contributed by atoms with Crippen molar-refractivity contribution in [3.05, 3.63) is 35.4 Å². The maximum Gasteiger partial charge on any atom is 0.248 e. The summed E-state index contributed by atoms with van der Waals surface area (Å²) in [7, 11) is 2.20. The maximum absolute atomic E-state index is 11.1. The number of primary amides is 1. The third-order valence-corrected chi connectivity index (χ3v) is 4.65. The highest BCUT2D eigenvalue weighted by Crippen LogP contribution is 2.29. The highest BCUT2D eigenvalue weighted by Gasteiger charge is 2.26. The Hall–Kier alpha value is -1.43. The third kappa shape index (κ3) is 5.03. The molecule has 1 amide bonds. The molecule has 126 valence electrons. The van der Waals surface area contributed by atoms with Crippen molar-refractivity contribution >= 4 is 5.91 Å². The van der Waals surface area contributed by atoms with Crippen LogP contribution in [-0.2, 0) is 11.3 Å². The van der Waals surface area contributed by atoms with Gasteiger partial charge < -0.3 is 15.4 Å². The summed E-state index contributed by atoms with van der Waals surface area (Å²) in [5.41, 5.74) is 7.06. The lowest BCUT2D eigenvalue weighted by atomic mass is 10.1. The van der Waals surface area contributed by atoms with Crippen LogP contribution in [0.4, 0.5) is 0 Å². The fourth-order valence-corrected chi connectivity index (χ4v) is 3.23. The largest absolute Gasteiger partial charge is 0.374 e. The summed E-state index contributed by atoms with van der Waals surface area (Å²) in [6.07, 6.45) is 3.07.